The van der Waals surface area contributed by atoms with Crippen molar-refractivity contribution in [1.82, 2.24) is 0 Å². The maximum absolute atomic E-state index is 12.4. The number of nitrogens with zero attached hydrogens (tertiary/aromatic N) is 1. The fourth-order valence-electron chi connectivity index (χ4n) is 4.65. The zero-order valence-electron chi connectivity index (χ0n) is 15.7. The van der Waals surface area contributed by atoms with Crippen LogP contribution < -0.4 is 0 Å². The maximum Gasteiger partial charge on any atom is 0.365 e. The minimum atomic E-state index is -0.388. The van der Waals surface area contributed by atoms with E-state index in [2.05, 4.69) is 38.1 Å². The van der Waals surface area contributed by atoms with E-state index in [1.807, 2.05) is 30.3 Å². The van der Waals surface area contributed by atoms with Crippen LogP contribution in [0.4, 0.5) is 0 Å². The summed E-state index contributed by atoms with van der Waals surface area (Å²) in [6.45, 7) is 6.90. The molecule has 0 saturated heterocycles. The maximum atomic E-state index is 12.4. The molecule has 2 aliphatic rings. The van der Waals surface area contributed by atoms with Crippen LogP contribution >= 0.6 is 0 Å². The van der Waals surface area contributed by atoms with E-state index < -0.39 is 0 Å². The summed E-state index contributed by atoms with van der Waals surface area (Å²) in [7, 11) is 0. The Morgan fingerprint density at radius 1 is 1.00 bits per heavy atom. The first-order chi connectivity index (χ1) is 12.4. The molecule has 0 N–H and O–H groups in total. The highest BCUT2D eigenvalue weighted by Crippen LogP contribution is 2.64. The molecule has 2 aromatic carbocycles. The summed E-state index contributed by atoms with van der Waals surface area (Å²) in [4.78, 5) is 17.7. The van der Waals surface area contributed by atoms with Crippen LogP contribution in [0.5, 0.6) is 0 Å². The molecule has 0 aromatic heterocycles. The van der Waals surface area contributed by atoms with E-state index in [0.29, 0.717) is 11.5 Å². The Bertz CT molecular complexity index is 852. The first-order valence-electron chi connectivity index (χ1n) is 9.36. The molecule has 0 aliphatic heterocycles. The molecule has 2 bridgehead atoms. The Hall–Kier alpha value is -2.42. The van der Waals surface area contributed by atoms with Crippen molar-refractivity contribution in [3.8, 4) is 11.1 Å². The van der Waals surface area contributed by atoms with E-state index >= 15 is 0 Å². The fourth-order valence-corrected chi connectivity index (χ4v) is 4.65. The Morgan fingerprint density at radius 2 is 1.65 bits per heavy atom. The molecule has 0 amide bonds. The second-order valence-corrected chi connectivity index (χ2v) is 8.35. The van der Waals surface area contributed by atoms with E-state index in [9.17, 15) is 4.79 Å². The molecule has 26 heavy (non-hydrogen) atoms. The molecule has 2 saturated carbocycles. The van der Waals surface area contributed by atoms with Crippen LogP contribution in [0.2, 0.25) is 0 Å². The predicted octanol–water partition coefficient (Wildman–Crippen LogP) is 5.71. The Morgan fingerprint density at radius 3 is 2.23 bits per heavy atom. The molecule has 3 nitrogen and oxygen atoms in total. The number of hydrogen-bond donors (Lipinski definition) is 0. The summed E-state index contributed by atoms with van der Waals surface area (Å²) < 4.78 is 0. The van der Waals surface area contributed by atoms with Crippen molar-refractivity contribution in [2.45, 2.75) is 40.0 Å². The van der Waals surface area contributed by atoms with E-state index in [1.165, 1.54) is 6.42 Å². The fraction of sp³-hybridized carbons (Fsp3) is 0.391. The lowest BCUT2D eigenvalue weighted by Gasteiger charge is -2.34. The molecule has 0 heterocycles. The van der Waals surface area contributed by atoms with Gasteiger partial charge in [-0.05, 0) is 53.9 Å². The average Bonchev–Trinajstić information content (AvgIpc) is 3.00. The number of hydrogen-bond acceptors (Lipinski definition) is 3. The van der Waals surface area contributed by atoms with Gasteiger partial charge in [0, 0.05) is 5.41 Å². The van der Waals surface area contributed by atoms with Crippen molar-refractivity contribution in [2.24, 2.45) is 21.9 Å². The third-order valence-electron chi connectivity index (χ3n) is 6.98. The minimum Gasteiger partial charge on any atom is -0.313 e. The summed E-state index contributed by atoms with van der Waals surface area (Å²) in [6, 6.07) is 17.6. The van der Waals surface area contributed by atoms with Crippen molar-refractivity contribution >= 4 is 11.7 Å². The van der Waals surface area contributed by atoms with Crippen molar-refractivity contribution in [3.63, 3.8) is 0 Å². The molecule has 3 heteroatoms. The minimum absolute atomic E-state index is 0.0507. The first kappa shape index (κ1) is 17.0. The van der Waals surface area contributed by atoms with E-state index in [1.54, 1.807) is 12.1 Å². The quantitative estimate of drug-likeness (QED) is 0.527. The SMILES string of the molecule is CC1(C)[C@@H]2CC[C@]1(C)/C(=N\OC(=O)c1ccc(-c3ccccc3)cc1)C2. The predicted molar refractivity (Wildman–Crippen MR) is 104 cm³/mol. The van der Waals surface area contributed by atoms with Crippen LogP contribution in [0, 0.1) is 16.7 Å². The van der Waals surface area contributed by atoms with Gasteiger partial charge in [0.05, 0.1) is 11.3 Å². The van der Waals surface area contributed by atoms with Gasteiger partial charge in [0.2, 0.25) is 0 Å². The van der Waals surface area contributed by atoms with E-state index in [-0.39, 0.29) is 16.8 Å². The van der Waals surface area contributed by atoms with Gasteiger partial charge >= 0.3 is 5.97 Å². The standard InChI is InChI=1S/C23H25NO2/c1-22(2)19-13-14-23(22,3)20(15-19)24-26-21(25)18-11-9-17(10-12-18)16-7-5-4-6-8-16/h4-12,19H,13-15H2,1-3H3/b24-20-/t19-,23-/m1/s1. The Labute approximate surface area is 155 Å². The summed E-state index contributed by atoms with van der Waals surface area (Å²) in [5.41, 5.74) is 4.07. The molecule has 0 radical (unpaired) electrons. The lowest BCUT2D eigenvalue weighted by atomic mass is 9.70. The van der Waals surface area contributed by atoms with Gasteiger partial charge in [-0.15, -0.1) is 0 Å². The lowest BCUT2D eigenvalue weighted by Crippen LogP contribution is -2.32. The van der Waals surface area contributed by atoms with Crippen molar-refractivity contribution in [1.29, 1.82) is 0 Å². The highest BCUT2D eigenvalue weighted by atomic mass is 16.7. The highest BCUT2D eigenvalue weighted by molar-refractivity contribution is 5.95. The van der Waals surface area contributed by atoms with Crippen LogP contribution in [-0.2, 0) is 4.84 Å². The zero-order valence-corrected chi connectivity index (χ0v) is 15.7. The van der Waals surface area contributed by atoms with Crippen LogP contribution in [-0.4, -0.2) is 11.7 Å². The van der Waals surface area contributed by atoms with Crippen LogP contribution in [0.3, 0.4) is 0 Å². The largest absolute Gasteiger partial charge is 0.365 e. The monoisotopic (exact) mass is 347 g/mol. The van der Waals surface area contributed by atoms with Gasteiger partial charge < -0.3 is 4.84 Å². The smallest absolute Gasteiger partial charge is 0.313 e. The van der Waals surface area contributed by atoms with Crippen molar-refractivity contribution < 1.29 is 9.63 Å². The molecule has 0 spiro atoms. The third-order valence-corrected chi connectivity index (χ3v) is 6.98. The number of carbonyl (C=O) groups excluding carboxylic acids is 1. The summed E-state index contributed by atoms with van der Waals surface area (Å²) >= 11 is 0. The topological polar surface area (TPSA) is 38.7 Å². The number of fused-ring (bicyclic) bond motifs is 2. The number of benzene rings is 2. The van der Waals surface area contributed by atoms with Gasteiger partial charge in [-0.25, -0.2) is 4.79 Å². The zero-order chi connectivity index (χ0) is 18.4. The second kappa shape index (κ2) is 6.08. The van der Waals surface area contributed by atoms with Gasteiger partial charge in [0.1, 0.15) is 0 Å². The molecule has 0 unspecified atom stereocenters. The van der Waals surface area contributed by atoms with E-state index in [0.717, 1.165) is 29.7 Å². The number of oxime groups is 1. The molecule has 2 atom stereocenters. The van der Waals surface area contributed by atoms with Gasteiger partial charge in [-0.3, -0.25) is 0 Å². The molecule has 4 rings (SSSR count). The van der Waals surface area contributed by atoms with Gasteiger partial charge in [-0.1, -0.05) is 68.4 Å². The van der Waals surface area contributed by atoms with Crippen molar-refractivity contribution in [3.05, 3.63) is 60.2 Å². The number of carbonyl (C=O) groups is 1. The Kier molecular flexibility index (Phi) is 3.98. The normalized spacial score (nSPS) is 27.7. The molecule has 2 aliphatic carbocycles. The van der Waals surface area contributed by atoms with Crippen LogP contribution in [0.25, 0.3) is 11.1 Å². The van der Waals surface area contributed by atoms with Crippen LogP contribution in [0.1, 0.15) is 50.4 Å². The summed E-state index contributed by atoms with van der Waals surface area (Å²) in [6.07, 6.45) is 3.33. The Balaban J connectivity index is 1.48. The molecular formula is C23H25NO2. The molecule has 2 fully saturated rings. The molecule has 2 aromatic rings. The first-order valence-corrected chi connectivity index (χ1v) is 9.36. The third kappa shape index (κ3) is 2.57. The van der Waals surface area contributed by atoms with Gasteiger partial charge in [-0.2, -0.15) is 0 Å². The highest BCUT2D eigenvalue weighted by Gasteiger charge is 2.60. The summed E-state index contributed by atoms with van der Waals surface area (Å²) in [5.74, 6) is 0.261. The molecular weight excluding hydrogens is 322 g/mol. The second-order valence-electron chi connectivity index (χ2n) is 8.35. The lowest BCUT2D eigenvalue weighted by molar-refractivity contribution is 0.0508. The van der Waals surface area contributed by atoms with E-state index in [4.69, 9.17) is 4.84 Å². The van der Waals surface area contributed by atoms with Gasteiger partial charge in [0.25, 0.3) is 0 Å². The molecule has 134 valence electrons. The van der Waals surface area contributed by atoms with Gasteiger partial charge in [0.15, 0.2) is 0 Å². The van der Waals surface area contributed by atoms with Crippen molar-refractivity contribution in [2.75, 3.05) is 0 Å². The van der Waals surface area contributed by atoms with Crippen LogP contribution in [0.15, 0.2) is 59.8 Å². The number of rotatable bonds is 3. The average molecular weight is 347 g/mol. The summed E-state index contributed by atoms with van der Waals surface area (Å²) in [5, 5.41) is 4.30.